The van der Waals surface area contributed by atoms with E-state index in [4.69, 9.17) is 9.84 Å². The zero-order valence-electron chi connectivity index (χ0n) is 18.0. The third-order valence-corrected chi connectivity index (χ3v) is 5.51. The fraction of sp³-hybridized carbons (Fsp3) is 0.320. The van der Waals surface area contributed by atoms with E-state index in [1.165, 1.54) is 23.3 Å². The number of rotatable bonds is 10. The number of carbonyl (C=O) groups is 3. The Hall–Kier alpha value is -3.61. The number of ether oxygens (including phenoxy) is 1. The molecule has 1 atom stereocenters. The van der Waals surface area contributed by atoms with Crippen molar-refractivity contribution < 1.29 is 24.2 Å². The minimum atomic E-state index is -0.837. The first-order chi connectivity index (χ1) is 15.5. The van der Waals surface area contributed by atoms with Gasteiger partial charge in [-0.3, -0.25) is 9.59 Å². The molecule has 0 radical (unpaired) electrons. The maximum atomic E-state index is 12.1. The topological polar surface area (TPSA) is 105 Å². The molecule has 0 bridgehead atoms. The van der Waals surface area contributed by atoms with Crippen LogP contribution in [-0.4, -0.2) is 42.8 Å². The number of hydrogen-bond acceptors (Lipinski definition) is 4. The molecule has 3 N–H and O–H groups in total. The number of carboxylic acid groups (broad SMARTS) is 1. The van der Waals surface area contributed by atoms with Crippen molar-refractivity contribution in [2.75, 3.05) is 19.7 Å². The lowest BCUT2D eigenvalue weighted by Gasteiger charge is -2.14. The highest BCUT2D eigenvalue weighted by Crippen LogP contribution is 2.44. The number of fused-ring (bicyclic) bond motifs is 3. The zero-order valence-corrected chi connectivity index (χ0v) is 18.0. The number of benzene rings is 2. The molecular weight excluding hydrogens is 408 g/mol. The summed E-state index contributed by atoms with van der Waals surface area (Å²) < 4.78 is 5.44. The smallest absolute Gasteiger partial charge is 0.407 e. The van der Waals surface area contributed by atoms with E-state index in [9.17, 15) is 14.4 Å². The molecule has 3 rings (SSSR count). The van der Waals surface area contributed by atoms with Crippen molar-refractivity contribution in [2.24, 2.45) is 5.92 Å². The van der Waals surface area contributed by atoms with Gasteiger partial charge in [0.05, 0.1) is 5.92 Å². The first kappa shape index (κ1) is 23.1. The molecular formula is C25H28N2O5. The highest BCUT2D eigenvalue weighted by atomic mass is 16.5. The summed E-state index contributed by atoms with van der Waals surface area (Å²) in [4.78, 5) is 34.6. The van der Waals surface area contributed by atoms with Gasteiger partial charge in [0.2, 0.25) is 5.91 Å². The average Bonchev–Trinajstić information content (AvgIpc) is 3.11. The standard InChI is InChI=1S/C25H28N2O5/c1-17(24(29)30)8-6-14-26-23(28)13-7-15-27-25(31)32-16-22-20-11-4-2-9-18(20)19-10-3-5-12-21(19)22/h2-5,7,9-13,17,22H,6,8,14-16H2,1H3,(H,26,28)(H,27,31)(H,29,30)/b13-7+. The molecule has 0 aliphatic heterocycles. The lowest BCUT2D eigenvalue weighted by atomic mass is 9.98. The summed E-state index contributed by atoms with van der Waals surface area (Å²) in [6, 6.07) is 16.3. The van der Waals surface area contributed by atoms with Gasteiger partial charge in [-0.15, -0.1) is 0 Å². The molecule has 1 aliphatic rings. The summed E-state index contributed by atoms with van der Waals surface area (Å²) in [6.07, 6.45) is 3.42. The quantitative estimate of drug-likeness (QED) is 0.389. The predicted octanol–water partition coefficient (Wildman–Crippen LogP) is 3.70. The van der Waals surface area contributed by atoms with E-state index in [1.807, 2.05) is 24.3 Å². The van der Waals surface area contributed by atoms with E-state index in [-0.39, 0.29) is 25.0 Å². The van der Waals surface area contributed by atoms with Crippen LogP contribution in [0.1, 0.15) is 36.8 Å². The molecule has 1 aliphatic carbocycles. The van der Waals surface area contributed by atoms with E-state index >= 15 is 0 Å². The van der Waals surface area contributed by atoms with Gasteiger partial charge in [-0.1, -0.05) is 61.5 Å². The van der Waals surface area contributed by atoms with Gasteiger partial charge >= 0.3 is 12.1 Å². The van der Waals surface area contributed by atoms with Crippen molar-refractivity contribution in [1.82, 2.24) is 10.6 Å². The fourth-order valence-electron chi connectivity index (χ4n) is 3.76. The largest absolute Gasteiger partial charge is 0.481 e. The first-order valence-corrected chi connectivity index (χ1v) is 10.7. The highest BCUT2D eigenvalue weighted by Gasteiger charge is 2.28. The van der Waals surface area contributed by atoms with Gasteiger partial charge in [0.15, 0.2) is 0 Å². The Bertz CT molecular complexity index is 956. The number of aliphatic carboxylic acids is 1. The number of hydrogen-bond donors (Lipinski definition) is 3. The molecule has 0 saturated carbocycles. The summed E-state index contributed by atoms with van der Waals surface area (Å²) in [5.41, 5.74) is 4.64. The van der Waals surface area contributed by atoms with E-state index < -0.39 is 18.0 Å². The Kier molecular flexibility index (Phi) is 8.02. The maximum absolute atomic E-state index is 12.1. The Balaban J connectivity index is 1.38. The lowest BCUT2D eigenvalue weighted by Crippen LogP contribution is -2.27. The summed E-state index contributed by atoms with van der Waals surface area (Å²) in [6.45, 7) is 2.44. The third kappa shape index (κ3) is 5.97. The summed E-state index contributed by atoms with van der Waals surface area (Å²) in [7, 11) is 0. The molecule has 0 fully saturated rings. The third-order valence-electron chi connectivity index (χ3n) is 5.51. The second-order valence-corrected chi connectivity index (χ2v) is 7.78. The molecule has 0 heterocycles. The second-order valence-electron chi connectivity index (χ2n) is 7.78. The molecule has 32 heavy (non-hydrogen) atoms. The first-order valence-electron chi connectivity index (χ1n) is 10.7. The van der Waals surface area contributed by atoms with Crippen LogP contribution in [0.15, 0.2) is 60.7 Å². The van der Waals surface area contributed by atoms with Crippen molar-refractivity contribution in [3.8, 4) is 11.1 Å². The molecule has 0 saturated heterocycles. The Labute approximate surface area is 187 Å². The van der Waals surface area contributed by atoms with Crippen molar-refractivity contribution in [3.63, 3.8) is 0 Å². The highest BCUT2D eigenvalue weighted by molar-refractivity contribution is 5.87. The Morgan fingerprint density at radius 3 is 2.28 bits per heavy atom. The number of nitrogens with one attached hydrogen (secondary N) is 2. The van der Waals surface area contributed by atoms with E-state index in [1.54, 1.807) is 6.92 Å². The lowest BCUT2D eigenvalue weighted by molar-refractivity contribution is -0.141. The van der Waals surface area contributed by atoms with Gasteiger partial charge in [-0.2, -0.15) is 0 Å². The molecule has 7 heteroatoms. The van der Waals surface area contributed by atoms with Crippen LogP contribution < -0.4 is 10.6 Å². The molecule has 7 nitrogen and oxygen atoms in total. The number of amides is 2. The van der Waals surface area contributed by atoms with Crippen LogP contribution in [0.3, 0.4) is 0 Å². The average molecular weight is 437 g/mol. The van der Waals surface area contributed by atoms with Gasteiger partial charge in [0.25, 0.3) is 0 Å². The van der Waals surface area contributed by atoms with Gasteiger partial charge in [-0.25, -0.2) is 4.79 Å². The van der Waals surface area contributed by atoms with Crippen LogP contribution in [0.25, 0.3) is 11.1 Å². The van der Waals surface area contributed by atoms with Crippen molar-refractivity contribution in [2.45, 2.75) is 25.7 Å². The number of alkyl carbamates (subject to hydrolysis) is 1. The molecule has 0 spiro atoms. The zero-order chi connectivity index (χ0) is 22.9. The Morgan fingerprint density at radius 2 is 1.66 bits per heavy atom. The number of carboxylic acids is 1. The minimum Gasteiger partial charge on any atom is -0.481 e. The summed E-state index contributed by atoms with van der Waals surface area (Å²) in [5.74, 6) is -1.56. The van der Waals surface area contributed by atoms with Gasteiger partial charge < -0.3 is 20.5 Å². The molecule has 2 amide bonds. The van der Waals surface area contributed by atoms with Gasteiger partial charge in [0, 0.05) is 25.1 Å². The van der Waals surface area contributed by atoms with Crippen LogP contribution in [-0.2, 0) is 14.3 Å². The van der Waals surface area contributed by atoms with Crippen molar-refractivity contribution in [3.05, 3.63) is 71.8 Å². The molecule has 1 unspecified atom stereocenters. The monoisotopic (exact) mass is 436 g/mol. The van der Waals surface area contributed by atoms with Crippen LogP contribution >= 0.6 is 0 Å². The minimum absolute atomic E-state index is 0.00156. The fourth-order valence-corrected chi connectivity index (χ4v) is 3.76. The van der Waals surface area contributed by atoms with Crippen LogP contribution in [0.5, 0.6) is 0 Å². The van der Waals surface area contributed by atoms with E-state index in [0.717, 1.165) is 11.1 Å². The van der Waals surface area contributed by atoms with E-state index in [2.05, 4.69) is 34.9 Å². The summed E-state index contributed by atoms with van der Waals surface area (Å²) in [5, 5.41) is 14.1. The molecule has 168 valence electrons. The maximum Gasteiger partial charge on any atom is 0.407 e. The van der Waals surface area contributed by atoms with Crippen molar-refractivity contribution in [1.29, 1.82) is 0 Å². The SMILES string of the molecule is CC(CCCNC(=O)/C=C/CNC(=O)OCC1c2ccccc2-c2ccccc21)C(=O)O. The Morgan fingerprint density at radius 1 is 1.03 bits per heavy atom. The molecule has 2 aromatic rings. The van der Waals surface area contributed by atoms with Gasteiger partial charge in [0.1, 0.15) is 6.61 Å². The van der Waals surface area contributed by atoms with Crippen LogP contribution in [0.2, 0.25) is 0 Å². The summed E-state index contributed by atoms with van der Waals surface area (Å²) >= 11 is 0. The van der Waals surface area contributed by atoms with Crippen molar-refractivity contribution >= 4 is 18.0 Å². The predicted molar refractivity (Wildman–Crippen MR) is 121 cm³/mol. The number of carbonyl (C=O) groups excluding carboxylic acids is 2. The second kappa shape index (κ2) is 11.1. The molecule has 0 aromatic heterocycles. The molecule has 2 aromatic carbocycles. The van der Waals surface area contributed by atoms with Crippen LogP contribution in [0.4, 0.5) is 4.79 Å². The van der Waals surface area contributed by atoms with E-state index in [0.29, 0.717) is 19.4 Å². The van der Waals surface area contributed by atoms with Gasteiger partial charge in [-0.05, 0) is 35.1 Å². The normalized spacial score (nSPS) is 13.3. The van der Waals surface area contributed by atoms with Crippen LogP contribution in [0, 0.1) is 5.92 Å².